The van der Waals surface area contributed by atoms with E-state index in [4.69, 9.17) is 5.11 Å². The van der Waals surface area contributed by atoms with Gasteiger partial charge in [0, 0.05) is 29.8 Å². The maximum atomic E-state index is 10.5. The third-order valence-electron chi connectivity index (χ3n) is 2.87. The van der Waals surface area contributed by atoms with Crippen LogP contribution in [-0.2, 0) is 11.3 Å². The van der Waals surface area contributed by atoms with Crippen LogP contribution in [0.4, 0.5) is 0 Å². The number of thiophene rings is 1. The topological polar surface area (TPSA) is 40.5 Å². The van der Waals surface area contributed by atoms with E-state index in [2.05, 4.69) is 4.90 Å². The molecule has 1 aliphatic heterocycles. The molecule has 1 saturated heterocycles. The molecule has 0 radical (unpaired) electrons. The smallest absolute Gasteiger partial charge is 0.328 e. The van der Waals surface area contributed by atoms with Crippen LogP contribution in [0.3, 0.4) is 0 Å². The van der Waals surface area contributed by atoms with Crippen LogP contribution in [0.1, 0.15) is 16.9 Å². The van der Waals surface area contributed by atoms with Crippen LogP contribution in [0, 0.1) is 0 Å². The number of aliphatic carboxylic acids is 1. The van der Waals surface area contributed by atoms with E-state index in [9.17, 15) is 4.79 Å². The maximum absolute atomic E-state index is 10.5. The third-order valence-corrected chi connectivity index (χ3v) is 4.84. The molecule has 3 nitrogen and oxygen atoms in total. The predicted molar refractivity (Wildman–Crippen MR) is 78.2 cm³/mol. The van der Waals surface area contributed by atoms with Crippen LogP contribution in [0.25, 0.3) is 6.08 Å². The van der Waals surface area contributed by atoms with E-state index in [1.165, 1.54) is 28.9 Å². The van der Waals surface area contributed by atoms with Crippen LogP contribution < -0.4 is 0 Å². The third kappa shape index (κ3) is 4.15. The molecule has 0 amide bonds. The second-order valence-electron chi connectivity index (χ2n) is 4.21. The Bertz CT molecular complexity index is 420. The fourth-order valence-corrected chi connectivity index (χ4v) is 3.78. The van der Waals surface area contributed by atoms with Gasteiger partial charge in [0.05, 0.1) is 0 Å². The molecular weight excluding hydrogens is 266 g/mol. The van der Waals surface area contributed by atoms with Gasteiger partial charge in [-0.05, 0) is 41.8 Å². The van der Waals surface area contributed by atoms with Crippen LogP contribution in [-0.4, -0.2) is 40.6 Å². The average molecular weight is 283 g/mol. The molecule has 2 heterocycles. The molecule has 0 saturated carbocycles. The second-order valence-corrected chi connectivity index (χ2v) is 6.44. The summed E-state index contributed by atoms with van der Waals surface area (Å²) in [6.45, 7) is 3.22. The van der Waals surface area contributed by atoms with Crippen molar-refractivity contribution in [3.05, 3.63) is 28.0 Å². The summed E-state index contributed by atoms with van der Waals surface area (Å²) in [5.74, 6) is 1.57. The van der Waals surface area contributed by atoms with Gasteiger partial charge in [0.2, 0.25) is 0 Å². The number of hydrogen-bond acceptors (Lipinski definition) is 4. The lowest BCUT2D eigenvalue weighted by atomic mass is 10.2. The lowest BCUT2D eigenvalue weighted by Crippen LogP contribution is -2.25. The van der Waals surface area contributed by atoms with Gasteiger partial charge < -0.3 is 5.11 Å². The Kier molecular flexibility index (Phi) is 5.28. The predicted octanol–water partition coefficient (Wildman–Crippen LogP) is 2.78. The van der Waals surface area contributed by atoms with Crippen molar-refractivity contribution in [1.82, 2.24) is 4.90 Å². The van der Waals surface area contributed by atoms with Crippen molar-refractivity contribution in [2.75, 3.05) is 24.6 Å². The Hall–Kier alpha value is -0.780. The normalized spacial score (nSPS) is 18.0. The maximum Gasteiger partial charge on any atom is 0.328 e. The Morgan fingerprint density at radius 1 is 1.44 bits per heavy atom. The minimum absolute atomic E-state index is 0.890. The Balaban J connectivity index is 2.00. The van der Waals surface area contributed by atoms with Crippen molar-refractivity contribution in [3.8, 4) is 0 Å². The summed E-state index contributed by atoms with van der Waals surface area (Å²) in [4.78, 5) is 14.3. The first-order valence-corrected chi connectivity index (χ1v) is 8.06. The summed E-state index contributed by atoms with van der Waals surface area (Å²) in [6, 6.07) is 1.99. The summed E-state index contributed by atoms with van der Waals surface area (Å²) >= 11 is 3.73. The van der Waals surface area contributed by atoms with Crippen LogP contribution in [0.2, 0.25) is 0 Å². The molecule has 0 atom stereocenters. The number of nitrogens with zero attached hydrogens (tertiary/aromatic N) is 1. The quantitative estimate of drug-likeness (QED) is 0.863. The number of carboxylic acids is 1. The second kappa shape index (κ2) is 6.97. The lowest BCUT2D eigenvalue weighted by molar-refractivity contribution is -0.131. The molecule has 0 aromatic carbocycles. The number of rotatable bonds is 4. The number of carboxylic acid groups (broad SMARTS) is 1. The first-order valence-electron chi connectivity index (χ1n) is 6.03. The molecule has 0 unspecified atom stereocenters. The van der Waals surface area contributed by atoms with Crippen LogP contribution in [0.15, 0.2) is 17.5 Å². The molecule has 0 bridgehead atoms. The summed E-state index contributed by atoms with van der Waals surface area (Å²) < 4.78 is 0. The van der Waals surface area contributed by atoms with Gasteiger partial charge in [-0.3, -0.25) is 4.90 Å². The zero-order chi connectivity index (χ0) is 12.8. The zero-order valence-electron chi connectivity index (χ0n) is 10.2. The van der Waals surface area contributed by atoms with E-state index in [0.717, 1.165) is 25.2 Å². The van der Waals surface area contributed by atoms with Gasteiger partial charge in [-0.2, -0.15) is 11.8 Å². The van der Waals surface area contributed by atoms with Crippen molar-refractivity contribution < 1.29 is 9.90 Å². The SMILES string of the molecule is O=C(O)C=Cc1ccsc1CN1CCCSCC1. The van der Waals surface area contributed by atoms with Crippen LogP contribution in [0.5, 0.6) is 0 Å². The minimum atomic E-state index is -0.890. The highest BCUT2D eigenvalue weighted by Gasteiger charge is 2.12. The van der Waals surface area contributed by atoms with E-state index >= 15 is 0 Å². The number of thioether (sulfide) groups is 1. The fourth-order valence-electron chi connectivity index (χ4n) is 1.95. The Morgan fingerprint density at radius 2 is 2.33 bits per heavy atom. The molecule has 0 spiro atoms. The number of carbonyl (C=O) groups is 1. The number of hydrogen-bond donors (Lipinski definition) is 1. The van der Waals surface area contributed by atoms with Crippen LogP contribution >= 0.6 is 23.1 Å². The molecule has 1 fully saturated rings. The van der Waals surface area contributed by atoms with Crippen molar-refractivity contribution >= 4 is 35.1 Å². The monoisotopic (exact) mass is 283 g/mol. The molecule has 2 rings (SSSR count). The molecule has 0 aliphatic carbocycles. The molecular formula is C13H17NO2S2. The zero-order valence-corrected chi connectivity index (χ0v) is 11.8. The van der Waals surface area contributed by atoms with E-state index in [1.807, 2.05) is 23.2 Å². The summed E-state index contributed by atoms with van der Waals surface area (Å²) in [7, 11) is 0. The van der Waals surface area contributed by atoms with Gasteiger partial charge in [0.1, 0.15) is 0 Å². The van der Waals surface area contributed by atoms with Gasteiger partial charge in [-0.1, -0.05) is 0 Å². The van der Waals surface area contributed by atoms with Crippen molar-refractivity contribution in [3.63, 3.8) is 0 Å². The van der Waals surface area contributed by atoms with Crippen molar-refractivity contribution in [1.29, 1.82) is 0 Å². The average Bonchev–Trinajstić information content (AvgIpc) is 2.60. The molecule has 98 valence electrons. The molecule has 1 N–H and O–H groups in total. The first kappa shape index (κ1) is 13.6. The summed E-state index contributed by atoms with van der Waals surface area (Å²) in [5, 5.41) is 10.7. The highest BCUT2D eigenvalue weighted by Crippen LogP contribution is 2.22. The Labute approximate surface area is 115 Å². The van der Waals surface area contributed by atoms with Gasteiger partial charge in [-0.15, -0.1) is 11.3 Å². The van der Waals surface area contributed by atoms with E-state index in [0.29, 0.717) is 0 Å². The van der Waals surface area contributed by atoms with Crippen molar-refractivity contribution in [2.24, 2.45) is 0 Å². The van der Waals surface area contributed by atoms with Gasteiger partial charge in [-0.25, -0.2) is 4.79 Å². The molecule has 1 aliphatic rings. The molecule has 18 heavy (non-hydrogen) atoms. The standard InChI is InChI=1S/C13H17NO2S2/c15-13(16)3-2-11-4-8-18-12(11)10-14-5-1-7-17-9-6-14/h2-4,8H,1,5-7,9-10H2,(H,15,16). The summed E-state index contributed by atoms with van der Waals surface area (Å²) in [6.07, 6.45) is 4.15. The largest absolute Gasteiger partial charge is 0.478 e. The molecule has 1 aromatic rings. The first-order chi connectivity index (χ1) is 8.75. The Morgan fingerprint density at radius 3 is 3.17 bits per heavy atom. The molecule has 1 aromatic heterocycles. The van der Waals surface area contributed by atoms with Crippen molar-refractivity contribution in [2.45, 2.75) is 13.0 Å². The molecule has 5 heteroatoms. The lowest BCUT2D eigenvalue weighted by Gasteiger charge is -2.18. The fraction of sp³-hybridized carbons (Fsp3) is 0.462. The van der Waals surface area contributed by atoms with Gasteiger partial charge in [0.25, 0.3) is 0 Å². The summed E-state index contributed by atoms with van der Waals surface area (Å²) in [5.41, 5.74) is 1.04. The highest BCUT2D eigenvalue weighted by molar-refractivity contribution is 7.99. The van der Waals surface area contributed by atoms with E-state index < -0.39 is 5.97 Å². The minimum Gasteiger partial charge on any atom is -0.478 e. The van der Waals surface area contributed by atoms with Gasteiger partial charge in [0.15, 0.2) is 0 Å². The highest BCUT2D eigenvalue weighted by atomic mass is 32.2. The van der Waals surface area contributed by atoms with E-state index in [1.54, 1.807) is 17.4 Å². The van der Waals surface area contributed by atoms with Gasteiger partial charge >= 0.3 is 5.97 Å². The van der Waals surface area contributed by atoms with E-state index in [-0.39, 0.29) is 0 Å².